The summed E-state index contributed by atoms with van der Waals surface area (Å²) >= 11 is 6.34. The molecular weight excluding hydrogens is 264 g/mol. The minimum absolute atomic E-state index is 0.119. The van der Waals surface area contributed by atoms with E-state index in [-0.39, 0.29) is 6.04 Å². The number of furan rings is 1. The van der Waals surface area contributed by atoms with E-state index in [1.165, 1.54) is 0 Å². The van der Waals surface area contributed by atoms with Gasteiger partial charge in [-0.25, -0.2) is 5.43 Å². The molecule has 2 heterocycles. The van der Waals surface area contributed by atoms with Crippen LogP contribution >= 0.6 is 11.6 Å². The van der Waals surface area contributed by atoms with Gasteiger partial charge in [-0.05, 0) is 25.5 Å². The number of hydrogen-bond acceptors (Lipinski definition) is 4. The van der Waals surface area contributed by atoms with Crippen LogP contribution in [-0.2, 0) is 19.9 Å². The molecule has 1 unspecified atom stereocenters. The van der Waals surface area contributed by atoms with Crippen molar-refractivity contribution in [3.63, 3.8) is 0 Å². The maximum absolute atomic E-state index is 6.34. The van der Waals surface area contributed by atoms with Gasteiger partial charge in [-0.2, -0.15) is 5.10 Å². The normalized spacial score (nSPS) is 12.9. The molecule has 0 saturated carbocycles. The highest BCUT2D eigenvalue weighted by Gasteiger charge is 2.20. The van der Waals surface area contributed by atoms with Crippen molar-refractivity contribution >= 4 is 11.6 Å². The summed E-state index contributed by atoms with van der Waals surface area (Å²) < 4.78 is 7.41. The Bertz CT molecular complexity index is 561. The lowest BCUT2D eigenvalue weighted by molar-refractivity contribution is 0.398. The Morgan fingerprint density at radius 2 is 2.26 bits per heavy atom. The molecule has 0 fully saturated rings. The molecule has 19 heavy (non-hydrogen) atoms. The van der Waals surface area contributed by atoms with Crippen LogP contribution in [0.2, 0.25) is 5.02 Å². The molecule has 3 N–H and O–H groups in total. The summed E-state index contributed by atoms with van der Waals surface area (Å²) in [5.41, 5.74) is 4.63. The third-order valence-corrected chi connectivity index (χ3v) is 3.64. The van der Waals surface area contributed by atoms with Crippen molar-refractivity contribution in [2.24, 2.45) is 12.9 Å². The summed E-state index contributed by atoms with van der Waals surface area (Å²) in [6, 6.07) is 3.72. The largest absolute Gasteiger partial charge is 0.465 e. The van der Waals surface area contributed by atoms with E-state index < -0.39 is 0 Å². The first-order valence-corrected chi connectivity index (χ1v) is 6.67. The van der Waals surface area contributed by atoms with Gasteiger partial charge in [-0.15, -0.1) is 0 Å². The highest BCUT2D eigenvalue weighted by molar-refractivity contribution is 6.31. The number of hydrazine groups is 1. The molecule has 0 aliphatic heterocycles. The molecule has 0 aromatic carbocycles. The van der Waals surface area contributed by atoms with Crippen LogP contribution in [0.25, 0.3) is 0 Å². The molecular formula is C13H19ClN4O. The average Bonchev–Trinajstić information content (AvgIpc) is 2.92. The van der Waals surface area contributed by atoms with Crippen LogP contribution in [-0.4, -0.2) is 9.78 Å². The van der Waals surface area contributed by atoms with Crippen molar-refractivity contribution in [1.29, 1.82) is 0 Å². The fourth-order valence-electron chi connectivity index (χ4n) is 2.12. The highest BCUT2D eigenvalue weighted by atomic mass is 35.5. The number of hydrogen-bond donors (Lipinski definition) is 2. The number of aromatic nitrogens is 2. The Morgan fingerprint density at radius 3 is 2.74 bits per heavy atom. The Balaban J connectivity index is 2.26. The molecule has 0 bridgehead atoms. The van der Waals surface area contributed by atoms with Crippen LogP contribution in [0.15, 0.2) is 16.5 Å². The van der Waals surface area contributed by atoms with Crippen molar-refractivity contribution in [3.05, 3.63) is 40.1 Å². The van der Waals surface area contributed by atoms with Crippen molar-refractivity contribution in [1.82, 2.24) is 15.2 Å². The van der Waals surface area contributed by atoms with Gasteiger partial charge in [0.05, 0.1) is 22.5 Å². The quantitative estimate of drug-likeness (QED) is 0.652. The van der Waals surface area contributed by atoms with Gasteiger partial charge in [0, 0.05) is 13.5 Å². The summed E-state index contributed by atoms with van der Waals surface area (Å²) in [4.78, 5) is 0. The molecule has 5 nitrogen and oxygen atoms in total. The van der Waals surface area contributed by atoms with Crippen LogP contribution in [0.4, 0.5) is 0 Å². The van der Waals surface area contributed by atoms with Gasteiger partial charge >= 0.3 is 0 Å². The topological polar surface area (TPSA) is 69.0 Å². The smallest absolute Gasteiger partial charge is 0.122 e. The van der Waals surface area contributed by atoms with Crippen molar-refractivity contribution < 1.29 is 4.42 Å². The molecule has 0 aliphatic carbocycles. The van der Waals surface area contributed by atoms with Gasteiger partial charge in [-0.1, -0.05) is 18.5 Å². The van der Waals surface area contributed by atoms with Gasteiger partial charge in [0.2, 0.25) is 0 Å². The van der Waals surface area contributed by atoms with Gasteiger partial charge in [0.15, 0.2) is 0 Å². The Hall–Kier alpha value is -1.30. The fourth-order valence-corrected chi connectivity index (χ4v) is 2.49. The second-order valence-electron chi connectivity index (χ2n) is 4.56. The minimum atomic E-state index is -0.119. The predicted octanol–water partition coefficient (Wildman–Crippen LogP) is 2.28. The zero-order valence-corrected chi connectivity index (χ0v) is 12.2. The van der Waals surface area contributed by atoms with E-state index in [2.05, 4.69) is 10.5 Å². The van der Waals surface area contributed by atoms with Gasteiger partial charge < -0.3 is 4.42 Å². The van der Waals surface area contributed by atoms with E-state index in [1.54, 1.807) is 4.68 Å². The van der Waals surface area contributed by atoms with Crippen LogP contribution < -0.4 is 11.3 Å². The number of aryl methyl sites for hydroxylation is 3. The predicted molar refractivity (Wildman–Crippen MR) is 74.8 cm³/mol. The fraction of sp³-hybridized carbons (Fsp3) is 0.462. The molecule has 6 heteroatoms. The molecule has 2 aromatic heterocycles. The summed E-state index contributed by atoms with van der Waals surface area (Å²) in [5, 5.41) is 5.12. The first kappa shape index (κ1) is 14.1. The first-order valence-electron chi connectivity index (χ1n) is 6.29. The number of nitrogens with zero attached hydrogens (tertiary/aromatic N) is 2. The van der Waals surface area contributed by atoms with E-state index in [0.29, 0.717) is 11.4 Å². The van der Waals surface area contributed by atoms with Gasteiger partial charge in [0.1, 0.15) is 11.5 Å². The third-order valence-electron chi connectivity index (χ3n) is 3.21. The van der Waals surface area contributed by atoms with Crippen molar-refractivity contribution in [2.75, 3.05) is 0 Å². The molecule has 0 aliphatic rings. The average molecular weight is 283 g/mol. The lowest BCUT2D eigenvalue weighted by Crippen LogP contribution is -2.29. The van der Waals surface area contributed by atoms with Gasteiger partial charge in [0.25, 0.3) is 0 Å². The SMILES string of the molecule is CCc1nn(C)c(CC(NN)c2ccc(C)o2)c1Cl. The molecule has 0 spiro atoms. The van der Waals surface area contributed by atoms with Gasteiger partial charge in [-0.3, -0.25) is 10.5 Å². The highest BCUT2D eigenvalue weighted by Crippen LogP contribution is 2.26. The molecule has 2 rings (SSSR count). The summed E-state index contributed by atoms with van der Waals surface area (Å²) in [6.07, 6.45) is 1.44. The first-order chi connectivity index (χ1) is 9.06. The maximum Gasteiger partial charge on any atom is 0.122 e. The van der Waals surface area contributed by atoms with E-state index in [4.69, 9.17) is 21.9 Å². The van der Waals surface area contributed by atoms with E-state index >= 15 is 0 Å². The number of rotatable bonds is 5. The summed E-state index contributed by atoms with van der Waals surface area (Å²) in [5.74, 6) is 7.28. The summed E-state index contributed by atoms with van der Waals surface area (Å²) in [7, 11) is 1.89. The molecule has 0 radical (unpaired) electrons. The Morgan fingerprint density at radius 1 is 1.53 bits per heavy atom. The lowest BCUT2D eigenvalue weighted by Gasteiger charge is -2.13. The van der Waals surface area contributed by atoms with Crippen molar-refractivity contribution in [3.8, 4) is 0 Å². The zero-order chi connectivity index (χ0) is 14.0. The molecule has 1 atom stereocenters. The van der Waals surface area contributed by atoms with Crippen LogP contribution in [0, 0.1) is 6.92 Å². The third kappa shape index (κ3) is 2.83. The van der Waals surface area contributed by atoms with Crippen LogP contribution in [0.1, 0.15) is 35.9 Å². The number of nitrogens with two attached hydrogens (primary N) is 1. The molecule has 104 valence electrons. The number of halogens is 1. The van der Waals surface area contributed by atoms with Crippen LogP contribution in [0.5, 0.6) is 0 Å². The Kier molecular flexibility index (Phi) is 4.29. The van der Waals surface area contributed by atoms with E-state index in [9.17, 15) is 0 Å². The monoisotopic (exact) mass is 282 g/mol. The maximum atomic E-state index is 6.34. The van der Waals surface area contributed by atoms with E-state index in [0.717, 1.165) is 29.3 Å². The number of nitrogens with one attached hydrogen (secondary N) is 1. The second kappa shape index (κ2) is 5.77. The standard InChI is InChI=1S/C13H19ClN4O/c1-4-9-13(14)11(18(3)17-9)7-10(16-15)12-6-5-8(2)19-12/h5-6,10,16H,4,7,15H2,1-3H3. The van der Waals surface area contributed by atoms with Crippen molar-refractivity contribution in [2.45, 2.75) is 32.7 Å². The van der Waals surface area contributed by atoms with E-state index in [1.807, 2.05) is 33.0 Å². The zero-order valence-electron chi connectivity index (χ0n) is 11.4. The summed E-state index contributed by atoms with van der Waals surface area (Å²) in [6.45, 7) is 3.94. The second-order valence-corrected chi connectivity index (χ2v) is 4.93. The molecule has 0 saturated heterocycles. The lowest BCUT2D eigenvalue weighted by atomic mass is 10.1. The molecule has 0 amide bonds. The molecule has 2 aromatic rings. The Labute approximate surface area is 117 Å². The van der Waals surface area contributed by atoms with Crippen LogP contribution in [0.3, 0.4) is 0 Å². The minimum Gasteiger partial charge on any atom is -0.465 e.